The molecule has 0 radical (unpaired) electrons. The van der Waals surface area contributed by atoms with Gasteiger partial charge in [-0.1, -0.05) is 24.3 Å². The van der Waals surface area contributed by atoms with Crippen LogP contribution in [0, 0.1) is 11.3 Å². The molecule has 0 unspecified atom stereocenters. The third-order valence-electron chi connectivity index (χ3n) is 4.92. The molecule has 0 saturated carbocycles. The Morgan fingerprint density at radius 3 is 2.78 bits per heavy atom. The summed E-state index contributed by atoms with van der Waals surface area (Å²) in [4.78, 5) is 6.05. The van der Waals surface area contributed by atoms with Gasteiger partial charge in [-0.2, -0.15) is 5.26 Å². The van der Waals surface area contributed by atoms with Crippen molar-refractivity contribution in [2.75, 3.05) is 5.75 Å². The summed E-state index contributed by atoms with van der Waals surface area (Å²) in [5.74, 6) is 1.11. The van der Waals surface area contributed by atoms with Crippen LogP contribution in [-0.4, -0.2) is 15.8 Å². The number of phenolic OH excluding ortho intramolecular Hbond substituents is 1. The fourth-order valence-corrected chi connectivity index (χ4v) is 5.39. The molecule has 4 rings (SSSR count). The van der Waals surface area contributed by atoms with Gasteiger partial charge in [-0.25, -0.2) is 4.98 Å². The van der Waals surface area contributed by atoms with E-state index in [0.717, 1.165) is 64.6 Å². The number of nitrogens with zero attached hydrogens (tertiary/aromatic N) is 2. The fourth-order valence-electron chi connectivity index (χ4n) is 3.60. The van der Waals surface area contributed by atoms with E-state index in [4.69, 9.17) is 4.98 Å². The van der Waals surface area contributed by atoms with E-state index >= 15 is 0 Å². The quantitative estimate of drug-likeness (QED) is 0.574. The number of benzene rings is 1. The molecule has 2 heterocycles. The van der Waals surface area contributed by atoms with Gasteiger partial charge in [-0.15, -0.1) is 23.1 Å². The summed E-state index contributed by atoms with van der Waals surface area (Å²) >= 11 is 3.31. The lowest BCUT2D eigenvalue weighted by atomic mass is 9.89. The molecule has 1 aromatic carbocycles. The molecule has 27 heavy (non-hydrogen) atoms. The van der Waals surface area contributed by atoms with Gasteiger partial charge in [0.1, 0.15) is 16.8 Å². The van der Waals surface area contributed by atoms with Crippen molar-refractivity contribution < 1.29 is 5.11 Å². The molecule has 3 aromatic rings. The van der Waals surface area contributed by atoms with Crippen molar-refractivity contribution in [3.05, 3.63) is 64.2 Å². The summed E-state index contributed by atoms with van der Waals surface area (Å²) in [7, 11) is 0. The second kappa shape index (κ2) is 8.16. The first-order chi connectivity index (χ1) is 13.3. The van der Waals surface area contributed by atoms with Crippen LogP contribution in [0.3, 0.4) is 0 Å². The molecule has 3 nitrogen and oxygen atoms in total. The number of fused-ring (bicyclic) bond motifs is 1. The smallest absolute Gasteiger partial charge is 0.118 e. The minimum absolute atomic E-state index is 0.330. The van der Waals surface area contributed by atoms with Crippen LogP contribution in [-0.2, 0) is 19.3 Å². The standard InChI is InChI=1S/C22H20N2OS2/c23-14-17-21(20-10-5-12-26-20)16-7-2-3-8-18(16)24-22(17)27-13-11-15-6-1-4-9-19(15)25/h1,4-6,9-10,12,25H,2-3,7-8,11,13H2. The van der Waals surface area contributed by atoms with Gasteiger partial charge in [0.15, 0.2) is 0 Å². The molecular formula is C22H20N2OS2. The second-order valence-electron chi connectivity index (χ2n) is 6.62. The number of aromatic hydroxyl groups is 1. The lowest BCUT2D eigenvalue weighted by molar-refractivity contribution is 0.469. The lowest BCUT2D eigenvalue weighted by Gasteiger charge is -2.21. The normalized spacial score (nSPS) is 13.1. The number of thioether (sulfide) groups is 1. The van der Waals surface area contributed by atoms with Gasteiger partial charge in [-0.05, 0) is 60.7 Å². The van der Waals surface area contributed by atoms with E-state index in [1.165, 1.54) is 5.56 Å². The molecule has 1 aliphatic rings. The van der Waals surface area contributed by atoms with Crippen molar-refractivity contribution in [3.8, 4) is 22.3 Å². The minimum Gasteiger partial charge on any atom is -0.508 e. The van der Waals surface area contributed by atoms with Gasteiger partial charge in [0.05, 0.1) is 5.56 Å². The average Bonchev–Trinajstić information content (AvgIpc) is 3.22. The zero-order valence-electron chi connectivity index (χ0n) is 14.9. The number of pyridine rings is 1. The predicted octanol–water partition coefficient (Wildman–Crippen LogP) is 5.60. The summed E-state index contributed by atoms with van der Waals surface area (Å²) in [5.41, 5.74) is 5.17. The van der Waals surface area contributed by atoms with Gasteiger partial charge in [0.25, 0.3) is 0 Å². The largest absolute Gasteiger partial charge is 0.508 e. The van der Waals surface area contributed by atoms with E-state index in [1.54, 1.807) is 29.2 Å². The summed E-state index contributed by atoms with van der Waals surface area (Å²) in [6, 6.07) is 14.0. The summed E-state index contributed by atoms with van der Waals surface area (Å²) in [5, 5.41) is 22.8. The van der Waals surface area contributed by atoms with E-state index in [2.05, 4.69) is 17.5 Å². The number of hydrogen-bond acceptors (Lipinski definition) is 5. The molecule has 1 aliphatic carbocycles. The third-order valence-corrected chi connectivity index (χ3v) is 6.79. The van der Waals surface area contributed by atoms with Crippen LogP contribution in [0.25, 0.3) is 10.4 Å². The first kappa shape index (κ1) is 18.1. The maximum atomic E-state index is 9.96. The molecule has 0 spiro atoms. The van der Waals surface area contributed by atoms with Gasteiger partial charge in [0.2, 0.25) is 0 Å². The second-order valence-corrected chi connectivity index (χ2v) is 8.65. The Labute approximate surface area is 167 Å². The van der Waals surface area contributed by atoms with E-state index < -0.39 is 0 Å². The third kappa shape index (κ3) is 3.73. The number of phenols is 1. The number of nitriles is 1. The Bertz CT molecular complexity index is 990. The van der Waals surface area contributed by atoms with Crippen molar-refractivity contribution in [1.82, 2.24) is 4.98 Å². The Morgan fingerprint density at radius 2 is 2.00 bits per heavy atom. The van der Waals surface area contributed by atoms with Crippen LogP contribution in [0.4, 0.5) is 0 Å². The molecule has 136 valence electrons. The highest BCUT2D eigenvalue weighted by Crippen LogP contribution is 2.39. The Kier molecular flexibility index (Phi) is 5.47. The lowest BCUT2D eigenvalue weighted by Crippen LogP contribution is -2.10. The first-order valence-corrected chi connectivity index (χ1v) is 11.0. The van der Waals surface area contributed by atoms with E-state index in [1.807, 2.05) is 24.3 Å². The number of rotatable bonds is 5. The summed E-state index contributed by atoms with van der Waals surface area (Å²) < 4.78 is 0. The molecule has 2 aromatic heterocycles. The Balaban J connectivity index is 1.67. The van der Waals surface area contributed by atoms with Crippen molar-refractivity contribution in [2.45, 2.75) is 37.1 Å². The molecule has 0 aliphatic heterocycles. The Hall–Kier alpha value is -2.29. The van der Waals surface area contributed by atoms with Crippen molar-refractivity contribution in [3.63, 3.8) is 0 Å². The van der Waals surface area contributed by atoms with Crippen LogP contribution in [0.15, 0.2) is 46.8 Å². The van der Waals surface area contributed by atoms with Crippen LogP contribution in [0.2, 0.25) is 0 Å². The molecule has 0 fully saturated rings. The van der Waals surface area contributed by atoms with Crippen molar-refractivity contribution in [1.29, 1.82) is 5.26 Å². The van der Waals surface area contributed by atoms with Crippen molar-refractivity contribution >= 4 is 23.1 Å². The Morgan fingerprint density at radius 1 is 1.15 bits per heavy atom. The molecule has 1 N–H and O–H groups in total. The van der Waals surface area contributed by atoms with Gasteiger partial charge >= 0.3 is 0 Å². The maximum absolute atomic E-state index is 9.96. The fraction of sp³-hybridized carbons (Fsp3) is 0.273. The molecule has 0 amide bonds. The average molecular weight is 393 g/mol. The van der Waals surface area contributed by atoms with E-state index in [-0.39, 0.29) is 0 Å². The van der Waals surface area contributed by atoms with Crippen LogP contribution < -0.4 is 0 Å². The van der Waals surface area contributed by atoms with Crippen LogP contribution in [0.1, 0.15) is 35.2 Å². The number of hydrogen-bond donors (Lipinski definition) is 1. The molecule has 5 heteroatoms. The summed E-state index contributed by atoms with van der Waals surface area (Å²) in [6.45, 7) is 0. The molecular weight excluding hydrogens is 372 g/mol. The SMILES string of the molecule is N#Cc1c(SCCc2ccccc2O)nc2c(c1-c1cccs1)CCCC2. The highest BCUT2D eigenvalue weighted by molar-refractivity contribution is 7.99. The van der Waals surface area contributed by atoms with Crippen LogP contribution >= 0.6 is 23.1 Å². The number of thiophene rings is 1. The highest BCUT2D eigenvalue weighted by atomic mass is 32.2. The number of aryl methyl sites for hydroxylation is 2. The topological polar surface area (TPSA) is 56.9 Å². The van der Waals surface area contributed by atoms with Gasteiger partial charge in [-0.3, -0.25) is 0 Å². The minimum atomic E-state index is 0.330. The van der Waals surface area contributed by atoms with Crippen molar-refractivity contribution in [2.24, 2.45) is 0 Å². The monoisotopic (exact) mass is 392 g/mol. The first-order valence-electron chi connectivity index (χ1n) is 9.17. The molecule has 0 atom stereocenters. The van der Waals surface area contributed by atoms with Gasteiger partial charge in [0, 0.05) is 21.9 Å². The molecule has 0 saturated heterocycles. The highest BCUT2D eigenvalue weighted by Gasteiger charge is 2.23. The predicted molar refractivity (Wildman–Crippen MR) is 111 cm³/mol. The molecule has 0 bridgehead atoms. The zero-order chi connectivity index (χ0) is 18.6. The van der Waals surface area contributed by atoms with Crippen LogP contribution in [0.5, 0.6) is 5.75 Å². The van der Waals surface area contributed by atoms with Gasteiger partial charge < -0.3 is 5.11 Å². The number of para-hydroxylation sites is 1. The summed E-state index contributed by atoms with van der Waals surface area (Å²) in [6.07, 6.45) is 5.07. The number of aromatic nitrogens is 1. The van der Waals surface area contributed by atoms with E-state index in [0.29, 0.717) is 11.3 Å². The maximum Gasteiger partial charge on any atom is 0.118 e. The zero-order valence-corrected chi connectivity index (χ0v) is 16.6. The van der Waals surface area contributed by atoms with E-state index in [9.17, 15) is 10.4 Å².